The first-order valence-corrected chi connectivity index (χ1v) is 7.55. The van der Waals surface area contributed by atoms with E-state index >= 15 is 0 Å². The van der Waals surface area contributed by atoms with Gasteiger partial charge >= 0.3 is 0 Å². The zero-order valence-electron chi connectivity index (χ0n) is 13.1. The first-order valence-electron chi connectivity index (χ1n) is 7.55. The average molecular weight is 293 g/mol. The van der Waals surface area contributed by atoms with Crippen LogP contribution in [-0.2, 0) is 4.74 Å². The van der Waals surface area contributed by atoms with Gasteiger partial charge in [0.1, 0.15) is 5.82 Å². The molecule has 1 aliphatic rings. The van der Waals surface area contributed by atoms with Gasteiger partial charge in [0.15, 0.2) is 5.78 Å². The van der Waals surface area contributed by atoms with E-state index in [-0.39, 0.29) is 23.3 Å². The number of halogens is 1. The van der Waals surface area contributed by atoms with Crippen molar-refractivity contribution in [3.8, 4) is 0 Å². The molecule has 1 atom stereocenters. The first-order chi connectivity index (χ1) is 9.85. The molecule has 0 aliphatic carbocycles. The zero-order valence-corrected chi connectivity index (χ0v) is 13.1. The Kier molecular flexibility index (Phi) is 5.12. The highest BCUT2D eigenvalue weighted by Gasteiger charge is 2.30. The third-order valence-electron chi connectivity index (χ3n) is 3.68. The Balaban J connectivity index is 1.78. The smallest absolute Gasteiger partial charge is 0.162 e. The molecular weight excluding hydrogens is 269 g/mol. The molecule has 0 N–H and O–H groups in total. The maximum absolute atomic E-state index is 12.8. The van der Waals surface area contributed by atoms with Crippen molar-refractivity contribution in [2.75, 3.05) is 19.6 Å². The van der Waals surface area contributed by atoms with Crippen LogP contribution < -0.4 is 0 Å². The van der Waals surface area contributed by atoms with E-state index < -0.39 is 0 Å². The van der Waals surface area contributed by atoms with Gasteiger partial charge in [-0.15, -0.1) is 0 Å². The maximum atomic E-state index is 12.8. The predicted molar refractivity (Wildman–Crippen MR) is 81.0 cm³/mol. The van der Waals surface area contributed by atoms with Crippen LogP contribution >= 0.6 is 0 Å². The van der Waals surface area contributed by atoms with Crippen molar-refractivity contribution in [2.45, 2.75) is 45.3 Å². The Bertz CT molecular complexity index is 484. The van der Waals surface area contributed by atoms with Crippen LogP contribution in [-0.4, -0.2) is 42.0 Å². The van der Waals surface area contributed by atoms with Crippen molar-refractivity contribution >= 4 is 5.78 Å². The molecule has 4 heteroatoms. The SMILES string of the molecule is CC1CN(CCCC(=O)c2ccc(F)cc2)CC(C)(C)O1. The van der Waals surface area contributed by atoms with E-state index in [1.54, 1.807) is 12.1 Å². The lowest BCUT2D eigenvalue weighted by Gasteiger charge is -2.41. The van der Waals surface area contributed by atoms with Crippen LogP contribution in [0.5, 0.6) is 0 Å². The summed E-state index contributed by atoms with van der Waals surface area (Å²) in [6.07, 6.45) is 1.54. The van der Waals surface area contributed by atoms with Crippen molar-refractivity contribution in [3.63, 3.8) is 0 Å². The summed E-state index contributed by atoms with van der Waals surface area (Å²) in [4.78, 5) is 14.4. The minimum atomic E-state index is -0.309. The average Bonchev–Trinajstić information content (AvgIpc) is 2.37. The van der Waals surface area contributed by atoms with Crippen molar-refractivity contribution in [2.24, 2.45) is 0 Å². The number of ether oxygens (including phenoxy) is 1. The fourth-order valence-corrected chi connectivity index (χ4v) is 3.00. The first kappa shape index (κ1) is 16.1. The van der Waals surface area contributed by atoms with Crippen LogP contribution in [0, 0.1) is 5.82 Å². The molecule has 0 saturated carbocycles. The molecule has 0 bridgehead atoms. The predicted octanol–water partition coefficient (Wildman–Crippen LogP) is 3.29. The summed E-state index contributed by atoms with van der Waals surface area (Å²) in [5.74, 6) is -0.230. The van der Waals surface area contributed by atoms with Gasteiger partial charge in [-0.25, -0.2) is 4.39 Å². The maximum Gasteiger partial charge on any atom is 0.162 e. The van der Waals surface area contributed by atoms with Crippen LogP contribution in [0.25, 0.3) is 0 Å². The summed E-state index contributed by atoms with van der Waals surface area (Å²) in [6.45, 7) is 8.97. The number of nitrogens with zero attached hydrogens (tertiary/aromatic N) is 1. The Morgan fingerprint density at radius 1 is 1.38 bits per heavy atom. The molecule has 2 rings (SSSR count). The highest BCUT2D eigenvalue weighted by atomic mass is 19.1. The van der Waals surface area contributed by atoms with Gasteiger partial charge in [0.25, 0.3) is 0 Å². The molecular formula is C17H24FNO2. The van der Waals surface area contributed by atoms with E-state index in [9.17, 15) is 9.18 Å². The van der Waals surface area contributed by atoms with Crippen molar-refractivity contribution in [1.82, 2.24) is 4.90 Å². The lowest BCUT2D eigenvalue weighted by molar-refractivity contribution is -0.128. The quantitative estimate of drug-likeness (QED) is 0.780. The molecule has 1 fully saturated rings. The monoisotopic (exact) mass is 293 g/mol. The van der Waals surface area contributed by atoms with E-state index in [0.29, 0.717) is 12.0 Å². The summed E-state index contributed by atoms with van der Waals surface area (Å²) in [5.41, 5.74) is 0.464. The molecule has 0 spiro atoms. The molecule has 1 aromatic carbocycles. The van der Waals surface area contributed by atoms with E-state index in [0.717, 1.165) is 26.1 Å². The molecule has 1 unspecified atom stereocenters. The van der Waals surface area contributed by atoms with Gasteiger partial charge in [0, 0.05) is 25.1 Å². The van der Waals surface area contributed by atoms with Gasteiger partial charge in [0.2, 0.25) is 0 Å². The topological polar surface area (TPSA) is 29.5 Å². The number of benzene rings is 1. The second-order valence-corrected chi connectivity index (χ2v) is 6.46. The van der Waals surface area contributed by atoms with Crippen LogP contribution in [0.2, 0.25) is 0 Å². The van der Waals surface area contributed by atoms with Gasteiger partial charge in [0.05, 0.1) is 11.7 Å². The lowest BCUT2D eigenvalue weighted by Crippen LogP contribution is -2.51. The summed E-state index contributed by atoms with van der Waals surface area (Å²) in [7, 11) is 0. The van der Waals surface area contributed by atoms with E-state index in [2.05, 4.69) is 25.7 Å². The minimum Gasteiger partial charge on any atom is -0.370 e. The molecule has 116 valence electrons. The summed E-state index contributed by atoms with van der Waals surface area (Å²) < 4.78 is 18.7. The molecule has 1 aliphatic heterocycles. The van der Waals surface area contributed by atoms with Crippen molar-refractivity contribution in [3.05, 3.63) is 35.6 Å². The number of Topliss-reactive ketones (excluding diaryl/α,β-unsaturated/α-hetero) is 1. The van der Waals surface area contributed by atoms with Crippen LogP contribution in [0.15, 0.2) is 24.3 Å². The fraction of sp³-hybridized carbons (Fsp3) is 0.588. The Morgan fingerprint density at radius 2 is 2.05 bits per heavy atom. The number of hydrogen-bond acceptors (Lipinski definition) is 3. The number of carbonyl (C=O) groups excluding carboxylic acids is 1. The van der Waals surface area contributed by atoms with Crippen LogP contribution in [0.3, 0.4) is 0 Å². The second-order valence-electron chi connectivity index (χ2n) is 6.46. The van der Waals surface area contributed by atoms with Crippen molar-refractivity contribution in [1.29, 1.82) is 0 Å². The standard InChI is InChI=1S/C17H24FNO2/c1-13-11-19(12-17(2,3)21-13)10-4-5-16(20)14-6-8-15(18)9-7-14/h6-9,13H,4-5,10-12H2,1-3H3. The lowest BCUT2D eigenvalue weighted by atomic mass is 10.0. The van der Waals surface area contributed by atoms with Crippen LogP contribution in [0.1, 0.15) is 44.0 Å². The van der Waals surface area contributed by atoms with E-state index in [4.69, 9.17) is 4.74 Å². The third-order valence-corrected chi connectivity index (χ3v) is 3.68. The van der Waals surface area contributed by atoms with Crippen molar-refractivity contribution < 1.29 is 13.9 Å². The fourth-order valence-electron chi connectivity index (χ4n) is 3.00. The number of carbonyl (C=O) groups is 1. The Morgan fingerprint density at radius 3 is 2.67 bits per heavy atom. The van der Waals surface area contributed by atoms with Gasteiger partial charge < -0.3 is 4.74 Å². The van der Waals surface area contributed by atoms with Gasteiger partial charge in [-0.1, -0.05) is 0 Å². The van der Waals surface area contributed by atoms with Crippen LogP contribution in [0.4, 0.5) is 4.39 Å². The number of hydrogen-bond donors (Lipinski definition) is 0. The zero-order chi connectivity index (χ0) is 15.5. The molecule has 1 aromatic rings. The highest BCUT2D eigenvalue weighted by Crippen LogP contribution is 2.21. The number of ketones is 1. The van der Waals surface area contributed by atoms with Gasteiger partial charge in [-0.05, 0) is 58.0 Å². The molecule has 1 heterocycles. The molecule has 0 amide bonds. The summed E-state index contributed by atoms with van der Waals surface area (Å²) in [6, 6.07) is 5.77. The van der Waals surface area contributed by atoms with Gasteiger partial charge in [-0.3, -0.25) is 9.69 Å². The second kappa shape index (κ2) is 6.67. The highest BCUT2D eigenvalue weighted by molar-refractivity contribution is 5.95. The minimum absolute atomic E-state index is 0.0792. The molecule has 21 heavy (non-hydrogen) atoms. The number of rotatable bonds is 5. The number of morpholine rings is 1. The van der Waals surface area contributed by atoms with E-state index in [1.165, 1.54) is 12.1 Å². The molecule has 0 radical (unpaired) electrons. The van der Waals surface area contributed by atoms with E-state index in [1.807, 2.05) is 0 Å². The Labute approximate surface area is 126 Å². The molecule has 1 saturated heterocycles. The van der Waals surface area contributed by atoms with Gasteiger partial charge in [-0.2, -0.15) is 0 Å². The normalized spacial score (nSPS) is 22.2. The molecule has 3 nitrogen and oxygen atoms in total. The third kappa shape index (κ3) is 4.90. The summed E-state index contributed by atoms with van der Waals surface area (Å²) in [5, 5.41) is 0. The Hall–Kier alpha value is -1.26. The summed E-state index contributed by atoms with van der Waals surface area (Å²) >= 11 is 0. The largest absolute Gasteiger partial charge is 0.370 e. The molecule has 0 aromatic heterocycles.